The summed E-state index contributed by atoms with van der Waals surface area (Å²) < 4.78 is 5.06. The van der Waals surface area contributed by atoms with Gasteiger partial charge in [0.05, 0.1) is 12.0 Å². The van der Waals surface area contributed by atoms with Gasteiger partial charge in [-0.25, -0.2) is 0 Å². The molecule has 98 valence electrons. The molecule has 0 aliphatic carbocycles. The number of ether oxygens (including phenoxy) is 1. The molecule has 0 radical (unpaired) electrons. The highest BCUT2D eigenvalue weighted by molar-refractivity contribution is 6.30. The van der Waals surface area contributed by atoms with E-state index in [-0.39, 0.29) is 5.97 Å². The molecule has 0 aromatic heterocycles. The van der Waals surface area contributed by atoms with E-state index in [1.165, 1.54) is 0 Å². The largest absolute Gasteiger partial charge is 0.466 e. The van der Waals surface area contributed by atoms with Crippen LogP contribution >= 0.6 is 11.6 Å². The highest BCUT2D eigenvalue weighted by atomic mass is 35.5. The van der Waals surface area contributed by atoms with Crippen LogP contribution in [0.1, 0.15) is 32.8 Å². The van der Waals surface area contributed by atoms with E-state index in [1.807, 2.05) is 45.0 Å². The van der Waals surface area contributed by atoms with Crippen LogP contribution in [0.2, 0.25) is 5.02 Å². The first-order valence-corrected chi connectivity index (χ1v) is 6.35. The molecule has 0 unspecified atom stereocenters. The van der Waals surface area contributed by atoms with Crippen LogP contribution < -0.4 is 0 Å². The smallest absolute Gasteiger partial charge is 0.311 e. The van der Waals surface area contributed by atoms with Gasteiger partial charge in [-0.2, -0.15) is 0 Å². The fraction of sp³-hybridized carbons (Fsp3) is 0.400. The fourth-order valence-electron chi connectivity index (χ4n) is 1.72. The molecule has 1 aromatic carbocycles. The number of carbonyl (C=O) groups excluding carboxylic acids is 1. The summed E-state index contributed by atoms with van der Waals surface area (Å²) in [5.74, 6) is -0.194. The topological polar surface area (TPSA) is 26.3 Å². The van der Waals surface area contributed by atoms with E-state index in [0.717, 1.165) is 11.1 Å². The van der Waals surface area contributed by atoms with E-state index in [0.29, 0.717) is 18.1 Å². The summed E-state index contributed by atoms with van der Waals surface area (Å²) in [5.41, 5.74) is 1.34. The van der Waals surface area contributed by atoms with Crippen LogP contribution in [-0.2, 0) is 9.53 Å². The molecule has 0 fully saturated rings. The Morgan fingerprint density at radius 3 is 2.39 bits per heavy atom. The van der Waals surface area contributed by atoms with Crippen LogP contribution in [0.4, 0.5) is 0 Å². The van der Waals surface area contributed by atoms with E-state index in [4.69, 9.17) is 16.3 Å². The standard InChI is InChI=1S/C15H19ClO2/c1-5-18-14(17)15(3,4)10-11(2)12-6-8-13(16)9-7-12/h6-9H,2,5,10H2,1,3-4H3. The minimum absolute atomic E-state index is 0.194. The summed E-state index contributed by atoms with van der Waals surface area (Å²) in [6.45, 7) is 9.97. The highest BCUT2D eigenvalue weighted by Crippen LogP contribution is 2.31. The van der Waals surface area contributed by atoms with Crippen LogP contribution in [0.25, 0.3) is 5.57 Å². The summed E-state index contributed by atoms with van der Waals surface area (Å²) >= 11 is 5.84. The minimum Gasteiger partial charge on any atom is -0.466 e. The molecule has 18 heavy (non-hydrogen) atoms. The zero-order chi connectivity index (χ0) is 13.8. The number of carbonyl (C=O) groups is 1. The Morgan fingerprint density at radius 2 is 1.89 bits per heavy atom. The molecule has 0 bridgehead atoms. The summed E-state index contributed by atoms with van der Waals surface area (Å²) in [6.07, 6.45) is 0.563. The maximum Gasteiger partial charge on any atom is 0.311 e. The maximum atomic E-state index is 11.8. The number of halogens is 1. The van der Waals surface area contributed by atoms with E-state index in [2.05, 4.69) is 6.58 Å². The Hall–Kier alpha value is -1.28. The lowest BCUT2D eigenvalue weighted by Crippen LogP contribution is -2.26. The van der Waals surface area contributed by atoms with E-state index in [1.54, 1.807) is 0 Å². The van der Waals surface area contributed by atoms with Crippen molar-refractivity contribution in [2.75, 3.05) is 6.61 Å². The highest BCUT2D eigenvalue weighted by Gasteiger charge is 2.30. The molecule has 0 N–H and O–H groups in total. The van der Waals surface area contributed by atoms with Crippen LogP contribution in [-0.4, -0.2) is 12.6 Å². The molecule has 0 aliphatic rings. The molecule has 0 amide bonds. The van der Waals surface area contributed by atoms with Gasteiger partial charge in [0, 0.05) is 5.02 Å². The van der Waals surface area contributed by atoms with Crippen molar-refractivity contribution < 1.29 is 9.53 Å². The van der Waals surface area contributed by atoms with Crippen molar-refractivity contribution in [3.8, 4) is 0 Å². The first-order chi connectivity index (χ1) is 8.36. The Morgan fingerprint density at radius 1 is 1.33 bits per heavy atom. The van der Waals surface area contributed by atoms with Crippen LogP contribution in [0.15, 0.2) is 30.8 Å². The van der Waals surface area contributed by atoms with Crippen molar-refractivity contribution in [1.82, 2.24) is 0 Å². The Balaban J connectivity index is 2.75. The lowest BCUT2D eigenvalue weighted by molar-refractivity contribution is -0.153. The molecule has 1 rings (SSSR count). The molecule has 0 saturated heterocycles. The normalized spacial score (nSPS) is 11.1. The summed E-state index contributed by atoms with van der Waals surface area (Å²) in [5, 5.41) is 0.691. The zero-order valence-corrected chi connectivity index (χ0v) is 11.9. The third kappa shape index (κ3) is 3.88. The third-order valence-corrected chi connectivity index (χ3v) is 2.99. The van der Waals surface area contributed by atoms with Gasteiger partial charge in [0.25, 0.3) is 0 Å². The van der Waals surface area contributed by atoms with Gasteiger partial charge in [0.1, 0.15) is 0 Å². The van der Waals surface area contributed by atoms with Crippen LogP contribution in [0.5, 0.6) is 0 Å². The zero-order valence-electron chi connectivity index (χ0n) is 11.1. The van der Waals surface area contributed by atoms with E-state index >= 15 is 0 Å². The molecule has 0 saturated carbocycles. The molecule has 0 aliphatic heterocycles. The molecule has 3 heteroatoms. The molecule has 0 spiro atoms. The number of esters is 1. The first-order valence-electron chi connectivity index (χ1n) is 5.98. The fourth-order valence-corrected chi connectivity index (χ4v) is 1.85. The van der Waals surface area contributed by atoms with Gasteiger partial charge in [0.2, 0.25) is 0 Å². The average molecular weight is 267 g/mol. The van der Waals surface area contributed by atoms with Crippen LogP contribution in [0.3, 0.4) is 0 Å². The van der Waals surface area contributed by atoms with Gasteiger partial charge in [0.15, 0.2) is 0 Å². The number of hydrogen-bond acceptors (Lipinski definition) is 2. The van der Waals surface area contributed by atoms with Crippen molar-refractivity contribution in [1.29, 1.82) is 0 Å². The Labute approximate surface area is 114 Å². The molecule has 2 nitrogen and oxygen atoms in total. The number of rotatable bonds is 5. The summed E-state index contributed by atoms with van der Waals surface area (Å²) in [4.78, 5) is 11.8. The van der Waals surface area contributed by atoms with Gasteiger partial charge < -0.3 is 4.74 Å². The van der Waals surface area contributed by atoms with Gasteiger partial charge in [-0.05, 0) is 50.5 Å². The predicted octanol–water partition coefficient (Wildman–Crippen LogP) is 4.33. The van der Waals surface area contributed by atoms with Gasteiger partial charge in [-0.1, -0.05) is 30.3 Å². The lowest BCUT2D eigenvalue weighted by Gasteiger charge is -2.23. The SMILES string of the molecule is C=C(CC(C)(C)C(=O)OCC)c1ccc(Cl)cc1. The molecular formula is C15H19ClO2. The second kappa shape index (κ2) is 6.05. The number of hydrogen-bond donors (Lipinski definition) is 0. The molecule has 1 aromatic rings. The van der Waals surface area contributed by atoms with Gasteiger partial charge >= 0.3 is 5.97 Å². The monoisotopic (exact) mass is 266 g/mol. The van der Waals surface area contributed by atoms with Crippen LogP contribution in [0, 0.1) is 5.41 Å². The predicted molar refractivity (Wildman–Crippen MR) is 75.5 cm³/mol. The second-order valence-electron chi connectivity index (χ2n) is 4.89. The molecular weight excluding hydrogens is 248 g/mol. The minimum atomic E-state index is -0.563. The first kappa shape index (κ1) is 14.8. The summed E-state index contributed by atoms with van der Waals surface area (Å²) in [6, 6.07) is 7.46. The Bertz CT molecular complexity index is 432. The quantitative estimate of drug-likeness (QED) is 0.742. The molecule has 0 heterocycles. The maximum absolute atomic E-state index is 11.8. The number of benzene rings is 1. The van der Waals surface area contributed by atoms with Crippen molar-refractivity contribution >= 4 is 23.1 Å². The third-order valence-electron chi connectivity index (χ3n) is 2.74. The summed E-state index contributed by atoms with van der Waals surface area (Å²) in [7, 11) is 0. The van der Waals surface area contributed by atoms with Crippen molar-refractivity contribution in [3.05, 3.63) is 41.4 Å². The lowest BCUT2D eigenvalue weighted by atomic mass is 9.84. The van der Waals surface area contributed by atoms with E-state index < -0.39 is 5.41 Å². The Kier molecular flexibility index (Phi) is 4.97. The second-order valence-corrected chi connectivity index (χ2v) is 5.33. The van der Waals surface area contributed by atoms with Crippen molar-refractivity contribution in [2.45, 2.75) is 27.2 Å². The van der Waals surface area contributed by atoms with Crippen molar-refractivity contribution in [3.63, 3.8) is 0 Å². The van der Waals surface area contributed by atoms with Crippen molar-refractivity contribution in [2.24, 2.45) is 5.41 Å². The van der Waals surface area contributed by atoms with E-state index in [9.17, 15) is 4.79 Å². The average Bonchev–Trinajstić information content (AvgIpc) is 2.29. The number of allylic oxidation sites excluding steroid dienone is 1. The molecule has 0 atom stereocenters. The van der Waals surface area contributed by atoms with Gasteiger partial charge in [-0.15, -0.1) is 0 Å². The van der Waals surface area contributed by atoms with Gasteiger partial charge in [-0.3, -0.25) is 4.79 Å².